The quantitative estimate of drug-likeness (QED) is 0.667. The molecule has 0 spiro atoms. The molecule has 8 heteroatoms. The van der Waals surface area contributed by atoms with Crippen molar-refractivity contribution in [3.63, 3.8) is 0 Å². The highest BCUT2D eigenvalue weighted by atomic mass is 16.5. The molecule has 0 aliphatic rings. The van der Waals surface area contributed by atoms with Crippen LogP contribution in [0.3, 0.4) is 0 Å². The maximum atomic E-state index is 12.5. The van der Waals surface area contributed by atoms with E-state index in [0.717, 1.165) is 0 Å². The number of carbonyl (C=O) groups is 2. The number of H-pyrrole nitrogens is 1. The molecule has 2 aromatic rings. The molecule has 1 heterocycles. The van der Waals surface area contributed by atoms with E-state index < -0.39 is 17.0 Å². The third kappa shape index (κ3) is 6.79. The van der Waals surface area contributed by atoms with Crippen LogP contribution in [0.5, 0.6) is 11.5 Å². The van der Waals surface area contributed by atoms with E-state index in [1.807, 2.05) is 48.5 Å². The van der Waals surface area contributed by atoms with Gasteiger partial charge in [-0.05, 0) is 52.8 Å². The average molecular weight is 420 g/mol. The van der Waals surface area contributed by atoms with E-state index in [1.54, 1.807) is 12.1 Å². The lowest BCUT2D eigenvalue weighted by molar-refractivity contribution is -0.123. The molecule has 0 fully saturated rings. The van der Waals surface area contributed by atoms with Crippen molar-refractivity contribution in [3.05, 3.63) is 34.1 Å². The van der Waals surface area contributed by atoms with Crippen LogP contribution in [-0.2, 0) is 4.79 Å². The molecule has 0 saturated heterocycles. The Morgan fingerprint density at radius 2 is 1.80 bits per heavy atom. The number of hydrogen-bond donors (Lipinski definition) is 3. The van der Waals surface area contributed by atoms with E-state index in [0.29, 0.717) is 16.7 Å². The van der Waals surface area contributed by atoms with Crippen LogP contribution in [0.2, 0.25) is 0 Å². The Labute approximate surface area is 177 Å². The van der Waals surface area contributed by atoms with E-state index in [1.165, 1.54) is 13.2 Å². The average Bonchev–Trinajstić information content (AvgIpc) is 2.65. The van der Waals surface area contributed by atoms with Crippen LogP contribution in [0.25, 0.3) is 10.9 Å². The lowest BCUT2D eigenvalue weighted by atomic mass is 10.1. The van der Waals surface area contributed by atoms with Gasteiger partial charge in [-0.3, -0.25) is 14.4 Å². The van der Waals surface area contributed by atoms with Gasteiger partial charge in [-0.15, -0.1) is 0 Å². The van der Waals surface area contributed by atoms with Gasteiger partial charge < -0.3 is 25.1 Å². The number of benzene rings is 1. The Hall–Kier alpha value is -3.03. The summed E-state index contributed by atoms with van der Waals surface area (Å²) in [4.78, 5) is 39.5. The number of ether oxygens (including phenoxy) is 2. The Morgan fingerprint density at radius 1 is 1.17 bits per heavy atom. The van der Waals surface area contributed by atoms with Crippen molar-refractivity contribution in [2.75, 3.05) is 13.7 Å². The minimum Gasteiger partial charge on any atom is -0.493 e. The zero-order valence-corrected chi connectivity index (χ0v) is 19.1. The zero-order valence-electron chi connectivity index (χ0n) is 19.1. The maximum Gasteiger partial charge on any atom is 0.261 e. The fourth-order valence-corrected chi connectivity index (χ4v) is 2.61. The first-order chi connectivity index (χ1) is 14.0. The highest BCUT2D eigenvalue weighted by molar-refractivity contribution is 5.99. The van der Waals surface area contributed by atoms with Crippen LogP contribution in [0, 0.1) is 0 Å². The Morgan fingerprint density at radius 3 is 2.33 bits per heavy atom. The molecule has 30 heavy (non-hydrogen) atoms. The number of rotatable bonds is 6. The summed E-state index contributed by atoms with van der Waals surface area (Å²) >= 11 is 0. The van der Waals surface area contributed by atoms with E-state index >= 15 is 0 Å². The molecule has 2 rings (SSSR count). The lowest BCUT2D eigenvalue weighted by Gasteiger charge is -2.20. The first kappa shape index (κ1) is 25.0. The molecule has 0 radical (unpaired) electrons. The molecular formula is C22H33N3O5. The topological polar surface area (TPSA) is 110 Å². The smallest absolute Gasteiger partial charge is 0.261 e. The van der Waals surface area contributed by atoms with Crippen LogP contribution in [-0.4, -0.2) is 42.1 Å². The van der Waals surface area contributed by atoms with E-state index in [4.69, 9.17) is 9.47 Å². The molecule has 0 bridgehead atoms. The van der Waals surface area contributed by atoms with Crippen molar-refractivity contribution in [2.24, 2.45) is 0 Å². The largest absolute Gasteiger partial charge is 0.493 e. The first-order valence-electron chi connectivity index (χ1n) is 10.0. The minimum absolute atomic E-state index is 0.00362. The van der Waals surface area contributed by atoms with Gasteiger partial charge in [-0.2, -0.15) is 0 Å². The summed E-state index contributed by atoms with van der Waals surface area (Å²) in [6, 6.07) is 4.84. The minimum atomic E-state index is -0.556. The summed E-state index contributed by atoms with van der Waals surface area (Å²) in [5, 5.41) is 6.08. The fourth-order valence-electron chi connectivity index (χ4n) is 2.61. The van der Waals surface area contributed by atoms with Crippen LogP contribution in [0.15, 0.2) is 23.0 Å². The summed E-state index contributed by atoms with van der Waals surface area (Å²) in [7, 11) is 1.46. The zero-order chi connectivity index (χ0) is 23.1. The van der Waals surface area contributed by atoms with Crippen molar-refractivity contribution in [1.82, 2.24) is 15.6 Å². The van der Waals surface area contributed by atoms with Crippen molar-refractivity contribution in [1.29, 1.82) is 0 Å². The SMILES string of the molecule is CC.COc1ccc2cc(C(=O)NC(C)(C)C)c(=O)[nH]c2c1OCC(=O)NC(C)C. The van der Waals surface area contributed by atoms with Gasteiger partial charge >= 0.3 is 0 Å². The number of fused-ring (bicyclic) bond motifs is 1. The molecular weight excluding hydrogens is 386 g/mol. The standard InChI is InChI=1S/C20H27N3O5.C2H6/c1-11(2)21-15(24)10-28-17-14(27-6)8-7-12-9-13(18(25)22-16(12)17)19(26)23-20(3,4)5;1-2/h7-9,11H,10H2,1-6H3,(H,21,24)(H,22,25)(H,23,26);1-2H3. The maximum absolute atomic E-state index is 12.5. The number of pyridine rings is 1. The predicted octanol–water partition coefficient (Wildman–Crippen LogP) is 2.99. The van der Waals surface area contributed by atoms with Gasteiger partial charge in [0.15, 0.2) is 18.1 Å². The van der Waals surface area contributed by atoms with Crippen LogP contribution in [0.1, 0.15) is 58.8 Å². The number of nitrogens with one attached hydrogen (secondary N) is 3. The second kappa shape index (κ2) is 10.7. The predicted molar refractivity (Wildman–Crippen MR) is 118 cm³/mol. The molecule has 0 unspecified atom stereocenters. The summed E-state index contributed by atoms with van der Waals surface area (Å²) in [5.74, 6) is -0.158. The molecule has 0 saturated carbocycles. The molecule has 1 aromatic heterocycles. The third-order valence-corrected chi connectivity index (χ3v) is 3.69. The third-order valence-electron chi connectivity index (χ3n) is 3.69. The molecule has 1 aromatic carbocycles. The molecule has 8 nitrogen and oxygen atoms in total. The van der Waals surface area contributed by atoms with Gasteiger partial charge in [0.25, 0.3) is 17.4 Å². The number of aromatic nitrogens is 1. The van der Waals surface area contributed by atoms with Gasteiger partial charge in [0, 0.05) is 17.0 Å². The van der Waals surface area contributed by atoms with E-state index in [-0.39, 0.29) is 29.9 Å². The summed E-state index contributed by atoms with van der Waals surface area (Å²) in [5.41, 5.74) is -0.680. The normalized spacial score (nSPS) is 10.8. The summed E-state index contributed by atoms with van der Waals surface area (Å²) < 4.78 is 10.9. The monoisotopic (exact) mass is 419 g/mol. The Balaban J connectivity index is 0.00000218. The van der Waals surface area contributed by atoms with Crippen LogP contribution >= 0.6 is 0 Å². The highest BCUT2D eigenvalue weighted by Gasteiger charge is 2.20. The van der Waals surface area contributed by atoms with Crippen molar-refractivity contribution < 1.29 is 19.1 Å². The van der Waals surface area contributed by atoms with Gasteiger partial charge in [0.1, 0.15) is 5.56 Å². The van der Waals surface area contributed by atoms with Gasteiger partial charge in [-0.25, -0.2) is 0 Å². The van der Waals surface area contributed by atoms with Crippen LogP contribution < -0.4 is 25.7 Å². The van der Waals surface area contributed by atoms with Gasteiger partial charge in [-0.1, -0.05) is 13.8 Å². The second-order valence-electron chi connectivity index (χ2n) is 7.79. The Bertz CT molecular complexity index is 942. The molecule has 2 amide bonds. The Kier molecular flexibility index (Phi) is 8.89. The van der Waals surface area contributed by atoms with Crippen molar-refractivity contribution >= 4 is 22.7 Å². The molecule has 166 valence electrons. The molecule has 3 N–H and O–H groups in total. The number of carbonyl (C=O) groups excluding carboxylic acids is 2. The number of aromatic amines is 1. The molecule has 0 atom stereocenters. The summed E-state index contributed by atoms with van der Waals surface area (Å²) in [6.45, 7) is 13.0. The summed E-state index contributed by atoms with van der Waals surface area (Å²) in [6.07, 6.45) is 0. The van der Waals surface area contributed by atoms with Crippen molar-refractivity contribution in [2.45, 2.75) is 60.0 Å². The number of amides is 2. The first-order valence-corrected chi connectivity index (χ1v) is 10.0. The van der Waals surface area contributed by atoms with E-state index in [2.05, 4.69) is 15.6 Å². The lowest BCUT2D eigenvalue weighted by Crippen LogP contribution is -2.42. The second-order valence-corrected chi connectivity index (χ2v) is 7.79. The van der Waals surface area contributed by atoms with Crippen LogP contribution in [0.4, 0.5) is 0 Å². The van der Waals surface area contributed by atoms with Gasteiger partial charge in [0.2, 0.25) is 0 Å². The number of methoxy groups -OCH3 is 1. The van der Waals surface area contributed by atoms with Crippen molar-refractivity contribution in [3.8, 4) is 11.5 Å². The fraction of sp³-hybridized carbons (Fsp3) is 0.500. The van der Waals surface area contributed by atoms with Gasteiger partial charge in [0.05, 0.1) is 12.6 Å². The molecule has 0 aliphatic carbocycles. The number of hydrogen-bond acceptors (Lipinski definition) is 5. The molecule has 0 aliphatic heterocycles. The van der Waals surface area contributed by atoms with E-state index in [9.17, 15) is 14.4 Å². The highest BCUT2D eigenvalue weighted by Crippen LogP contribution is 2.34.